The third-order valence-corrected chi connectivity index (χ3v) is 2.85. The second-order valence-corrected chi connectivity index (χ2v) is 5.06. The molecule has 0 aliphatic rings. The van der Waals surface area contributed by atoms with Crippen molar-refractivity contribution in [1.29, 1.82) is 0 Å². The molecule has 0 spiro atoms. The van der Waals surface area contributed by atoms with Crippen LogP contribution >= 0.6 is 0 Å². The van der Waals surface area contributed by atoms with E-state index in [0.717, 1.165) is 0 Å². The summed E-state index contributed by atoms with van der Waals surface area (Å²) in [5.74, 6) is -1.09. The molecule has 0 amide bonds. The number of carboxylic acid groups (broad SMARTS) is 1. The Morgan fingerprint density at radius 2 is 2.10 bits per heavy atom. The molecule has 1 aromatic carbocycles. The molecule has 0 bridgehead atoms. The van der Waals surface area contributed by atoms with E-state index in [1.165, 1.54) is 6.07 Å². The number of hydrogen-bond acceptors (Lipinski definition) is 5. The number of hydrogen-bond donors (Lipinski definition) is 2. The Morgan fingerprint density at radius 3 is 2.62 bits per heavy atom. The van der Waals surface area contributed by atoms with Crippen molar-refractivity contribution < 1.29 is 19.6 Å². The maximum absolute atomic E-state index is 10.9. The summed E-state index contributed by atoms with van der Waals surface area (Å²) in [6.07, 6.45) is 0.290. The second kappa shape index (κ2) is 7.47. The van der Waals surface area contributed by atoms with Crippen LogP contribution < -0.4 is 10.1 Å². The molecule has 0 radical (unpaired) electrons. The fraction of sp³-hybridized carbons (Fsp3) is 0.500. The van der Waals surface area contributed by atoms with Crippen LogP contribution in [0.25, 0.3) is 0 Å². The van der Waals surface area contributed by atoms with Crippen molar-refractivity contribution in [2.75, 3.05) is 11.9 Å². The van der Waals surface area contributed by atoms with Crippen molar-refractivity contribution in [2.45, 2.75) is 33.3 Å². The zero-order valence-corrected chi connectivity index (χ0v) is 12.3. The van der Waals surface area contributed by atoms with Gasteiger partial charge in [-0.1, -0.05) is 6.92 Å². The highest BCUT2D eigenvalue weighted by Gasteiger charge is 2.17. The Labute approximate surface area is 123 Å². The van der Waals surface area contributed by atoms with Gasteiger partial charge in [0.25, 0.3) is 0 Å². The Morgan fingerprint density at radius 1 is 1.43 bits per heavy atom. The molecule has 0 aromatic heterocycles. The minimum absolute atomic E-state index is 0.0897. The molecule has 7 heteroatoms. The average molecular weight is 296 g/mol. The van der Waals surface area contributed by atoms with Gasteiger partial charge in [-0.05, 0) is 26.3 Å². The molecule has 1 unspecified atom stereocenters. The van der Waals surface area contributed by atoms with Gasteiger partial charge in [0.15, 0.2) is 5.75 Å². The fourth-order valence-electron chi connectivity index (χ4n) is 1.68. The highest BCUT2D eigenvalue weighted by atomic mass is 16.6. The molecular weight excluding hydrogens is 276 g/mol. The van der Waals surface area contributed by atoms with Crippen LogP contribution in [0.4, 0.5) is 11.4 Å². The summed E-state index contributed by atoms with van der Waals surface area (Å²) in [6.45, 7) is 5.68. The SMILES string of the molecule is CC(C)Oc1cc(NCCC(C)C(=O)O)ccc1[N+](=O)[O-]. The van der Waals surface area contributed by atoms with Crippen LogP contribution in [-0.2, 0) is 4.79 Å². The summed E-state index contributed by atoms with van der Waals surface area (Å²) >= 11 is 0. The Balaban J connectivity index is 2.75. The predicted molar refractivity (Wildman–Crippen MR) is 78.8 cm³/mol. The smallest absolute Gasteiger partial charge is 0.311 e. The van der Waals surface area contributed by atoms with Crippen LogP contribution in [0.1, 0.15) is 27.2 Å². The largest absolute Gasteiger partial charge is 0.484 e. The van der Waals surface area contributed by atoms with Gasteiger partial charge in [-0.2, -0.15) is 0 Å². The van der Waals surface area contributed by atoms with E-state index in [0.29, 0.717) is 18.7 Å². The standard InChI is InChI=1S/C14H20N2O5/c1-9(2)21-13-8-11(4-5-12(13)16(19)20)15-7-6-10(3)14(17)18/h4-5,8-10,15H,6-7H2,1-3H3,(H,17,18). The van der Waals surface area contributed by atoms with E-state index >= 15 is 0 Å². The van der Waals surface area contributed by atoms with Crippen molar-refractivity contribution in [2.24, 2.45) is 5.92 Å². The van der Waals surface area contributed by atoms with Crippen LogP contribution in [0.15, 0.2) is 18.2 Å². The first kappa shape index (κ1) is 16.7. The number of carbonyl (C=O) groups is 1. The van der Waals surface area contributed by atoms with Gasteiger partial charge in [0.2, 0.25) is 0 Å². The molecule has 0 saturated heterocycles. The third-order valence-electron chi connectivity index (χ3n) is 2.85. The quantitative estimate of drug-likeness (QED) is 0.565. The minimum Gasteiger partial charge on any atom is -0.484 e. The Kier molecular flexibility index (Phi) is 5.95. The molecule has 1 rings (SSSR count). The average Bonchev–Trinajstić information content (AvgIpc) is 2.37. The van der Waals surface area contributed by atoms with Crippen molar-refractivity contribution in [3.8, 4) is 5.75 Å². The van der Waals surface area contributed by atoms with Crippen LogP contribution in [0, 0.1) is 16.0 Å². The van der Waals surface area contributed by atoms with E-state index in [2.05, 4.69) is 5.32 Å². The molecule has 21 heavy (non-hydrogen) atoms. The monoisotopic (exact) mass is 296 g/mol. The second-order valence-electron chi connectivity index (χ2n) is 5.06. The van der Waals surface area contributed by atoms with Gasteiger partial charge < -0.3 is 15.2 Å². The number of nitro groups is 1. The number of benzene rings is 1. The lowest BCUT2D eigenvalue weighted by Crippen LogP contribution is -2.14. The lowest BCUT2D eigenvalue weighted by molar-refractivity contribution is -0.386. The van der Waals surface area contributed by atoms with Gasteiger partial charge in [-0.15, -0.1) is 0 Å². The maximum atomic E-state index is 10.9. The first-order chi connectivity index (χ1) is 9.81. The molecule has 0 fully saturated rings. The maximum Gasteiger partial charge on any atom is 0.311 e. The Hall–Kier alpha value is -2.31. The predicted octanol–water partition coefficient (Wildman–Crippen LogP) is 2.90. The summed E-state index contributed by atoms with van der Waals surface area (Å²) in [6, 6.07) is 4.51. The molecule has 1 aromatic rings. The number of carboxylic acids is 1. The topological polar surface area (TPSA) is 102 Å². The van der Waals surface area contributed by atoms with E-state index < -0.39 is 16.8 Å². The molecule has 0 heterocycles. The van der Waals surface area contributed by atoms with Gasteiger partial charge in [0.05, 0.1) is 16.9 Å². The minimum atomic E-state index is -0.843. The van der Waals surface area contributed by atoms with E-state index in [1.807, 2.05) is 0 Å². The molecule has 0 aliphatic heterocycles. The van der Waals surface area contributed by atoms with Crippen LogP contribution in [0.2, 0.25) is 0 Å². The lowest BCUT2D eigenvalue weighted by Gasteiger charge is -2.13. The highest BCUT2D eigenvalue weighted by Crippen LogP contribution is 2.30. The first-order valence-corrected chi connectivity index (χ1v) is 6.73. The van der Waals surface area contributed by atoms with E-state index in [4.69, 9.17) is 9.84 Å². The fourth-order valence-corrected chi connectivity index (χ4v) is 1.68. The number of anilines is 1. The van der Waals surface area contributed by atoms with E-state index in [-0.39, 0.29) is 17.5 Å². The highest BCUT2D eigenvalue weighted by molar-refractivity contribution is 5.69. The number of ether oxygens (including phenoxy) is 1. The zero-order valence-electron chi connectivity index (χ0n) is 12.3. The number of nitro benzene ring substituents is 1. The van der Waals surface area contributed by atoms with Crippen LogP contribution in [0.5, 0.6) is 5.75 Å². The number of nitrogens with one attached hydrogen (secondary N) is 1. The molecule has 2 N–H and O–H groups in total. The van der Waals surface area contributed by atoms with E-state index in [9.17, 15) is 14.9 Å². The molecule has 116 valence electrons. The zero-order chi connectivity index (χ0) is 16.0. The molecule has 1 atom stereocenters. The first-order valence-electron chi connectivity index (χ1n) is 6.73. The van der Waals surface area contributed by atoms with Crippen LogP contribution in [-0.4, -0.2) is 28.6 Å². The molecular formula is C14H20N2O5. The normalized spacial score (nSPS) is 12.0. The summed E-state index contributed by atoms with van der Waals surface area (Å²) in [4.78, 5) is 21.2. The third kappa shape index (κ3) is 5.29. The van der Waals surface area contributed by atoms with Crippen LogP contribution in [0.3, 0.4) is 0 Å². The van der Waals surface area contributed by atoms with Gasteiger partial charge >= 0.3 is 11.7 Å². The van der Waals surface area contributed by atoms with Gasteiger partial charge in [-0.3, -0.25) is 14.9 Å². The van der Waals surface area contributed by atoms with Crippen molar-refractivity contribution in [3.63, 3.8) is 0 Å². The molecule has 0 saturated carbocycles. The van der Waals surface area contributed by atoms with Crippen molar-refractivity contribution in [3.05, 3.63) is 28.3 Å². The van der Waals surface area contributed by atoms with Gasteiger partial charge in [0.1, 0.15) is 0 Å². The number of nitrogens with zero attached hydrogens (tertiary/aromatic N) is 1. The molecule has 0 aliphatic carbocycles. The van der Waals surface area contributed by atoms with Crippen molar-refractivity contribution >= 4 is 17.3 Å². The summed E-state index contributed by atoms with van der Waals surface area (Å²) < 4.78 is 5.44. The number of aliphatic carboxylic acids is 1. The van der Waals surface area contributed by atoms with E-state index in [1.54, 1.807) is 32.9 Å². The number of rotatable bonds is 8. The van der Waals surface area contributed by atoms with Crippen molar-refractivity contribution in [1.82, 2.24) is 0 Å². The van der Waals surface area contributed by atoms with Gasteiger partial charge in [0, 0.05) is 24.4 Å². The summed E-state index contributed by atoms with van der Waals surface area (Å²) in [5, 5.41) is 22.8. The lowest BCUT2D eigenvalue weighted by atomic mass is 10.1. The summed E-state index contributed by atoms with van der Waals surface area (Å²) in [7, 11) is 0. The summed E-state index contributed by atoms with van der Waals surface area (Å²) in [5.41, 5.74) is 0.571. The Bertz CT molecular complexity index is 516. The van der Waals surface area contributed by atoms with Gasteiger partial charge in [-0.25, -0.2) is 0 Å². The molecule has 7 nitrogen and oxygen atoms in total.